The third-order valence-corrected chi connectivity index (χ3v) is 5.09. The van der Waals surface area contributed by atoms with Crippen molar-refractivity contribution in [2.45, 2.75) is 0 Å². The smallest absolute Gasteiger partial charge is 0.0413 e. The summed E-state index contributed by atoms with van der Waals surface area (Å²) >= 11 is 0. The van der Waals surface area contributed by atoms with E-state index in [0.29, 0.717) is 0 Å². The van der Waals surface area contributed by atoms with Gasteiger partial charge in [0.15, 0.2) is 0 Å². The van der Waals surface area contributed by atoms with Gasteiger partial charge < -0.3 is 5.73 Å². The van der Waals surface area contributed by atoms with Crippen LogP contribution in [0.5, 0.6) is 0 Å². The Morgan fingerprint density at radius 1 is 0.652 bits per heavy atom. The quantitative estimate of drug-likeness (QED) is 0.257. The van der Waals surface area contributed by atoms with Crippen molar-refractivity contribution in [3.05, 3.63) is 83.9 Å². The van der Waals surface area contributed by atoms with Crippen molar-refractivity contribution in [1.82, 2.24) is 0 Å². The fourth-order valence-electron chi connectivity index (χ4n) is 2.68. The third-order valence-electron chi connectivity index (χ3n) is 3.83. The van der Waals surface area contributed by atoms with Crippen LogP contribution in [0.2, 0.25) is 0 Å². The van der Waals surface area contributed by atoms with Crippen LogP contribution in [-0.2, 0) is 0 Å². The Morgan fingerprint density at radius 3 is 1.83 bits per heavy atom. The van der Waals surface area contributed by atoms with Gasteiger partial charge in [-0.25, -0.2) is 0 Å². The van der Waals surface area contributed by atoms with Crippen molar-refractivity contribution in [3.8, 4) is 11.8 Å². The highest BCUT2D eigenvalue weighted by Gasteiger charge is 2.05. The number of anilines is 1. The van der Waals surface area contributed by atoms with E-state index in [4.69, 9.17) is 5.73 Å². The largest absolute Gasteiger partial charge is 0.399 e. The summed E-state index contributed by atoms with van der Waals surface area (Å²) in [5.41, 5.74) is 8.58. The minimum absolute atomic E-state index is 0.760. The predicted molar refractivity (Wildman–Crippen MR) is 101 cm³/mol. The first-order valence-corrected chi connectivity index (χ1v) is 8.36. The topological polar surface area (TPSA) is 26.0 Å². The Bertz CT molecular complexity index is 1020. The molecule has 0 spiro atoms. The van der Waals surface area contributed by atoms with Gasteiger partial charge in [-0.1, -0.05) is 56.4 Å². The van der Waals surface area contributed by atoms with E-state index in [1.54, 1.807) is 0 Å². The number of rotatable bonds is 0. The highest BCUT2D eigenvalue weighted by atomic mass is 31.0. The molecule has 0 aliphatic heterocycles. The van der Waals surface area contributed by atoms with Crippen LogP contribution in [0.4, 0.5) is 5.69 Å². The Hall–Kier alpha value is -2.81. The summed E-state index contributed by atoms with van der Waals surface area (Å²) in [7, 11) is 1.25. The lowest BCUT2D eigenvalue weighted by Crippen LogP contribution is -1.84. The zero-order valence-electron chi connectivity index (χ0n) is 12.5. The SMILES string of the molecule is Nc1ccc(C#Cc2c3ccccc3pc3ccccc23)cc1. The minimum atomic E-state index is 0.760. The van der Waals surface area contributed by atoms with E-state index >= 15 is 0 Å². The van der Waals surface area contributed by atoms with Gasteiger partial charge in [-0.3, -0.25) is 0 Å². The number of nitrogen functional groups attached to an aromatic ring is 1. The molecule has 2 N–H and O–H groups in total. The van der Waals surface area contributed by atoms with Crippen molar-refractivity contribution in [3.63, 3.8) is 0 Å². The molecule has 1 heterocycles. The summed E-state index contributed by atoms with van der Waals surface area (Å²) < 4.78 is 0. The molecule has 0 saturated carbocycles. The average Bonchev–Trinajstić information content (AvgIpc) is 2.60. The molecular formula is C21H14NP. The van der Waals surface area contributed by atoms with Gasteiger partial charge in [0.05, 0.1) is 0 Å². The number of benzene rings is 3. The van der Waals surface area contributed by atoms with Crippen molar-refractivity contribution < 1.29 is 0 Å². The van der Waals surface area contributed by atoms with E-state index in [0.717, 1.165) is 16.8 Å². The number of hydrogen-bond donors (Lipinski definition) is 1. The molecule has 0 bridgehead atoms. The molecule has 3 aromatic carbocycles. The second-order valence-electron chi connectivity index (χ2n) is 5.39. The molecule has 1 aromatic heterocycles. The molecule has 0 atom stereocenters. The summed E-state index contributed by atoms with van der Waals surface area (Å²) in [5.74, 6) is 6.67. The van der Waals surface area contributed by atoms with Crippen molar-refractivity contribution in [2.24, 2.45) is 0 Å². The van der Waals surface area contributed by atoms with Crippen LogP contribution < -0.4 is 5.73 Å². The van der Waals surface area contributed by atoms with E-state index in [-0.39, 0.29) is 0 Å². The van der Waals surface area contributed by atoms with E-state index in [2.05, 4.69) is 60.4 Å². The molecule has 108 valence electrons. The van der Waals surface area contributed by atoms with E-state index in [1.807, 2.05) is 24.3 Å². The molecule has 2 heteroatoms. The van der Waals surface area contributed by atoms with E-state index in [1.165, 1.54) is 29.2 Å². The van der Waals surface area contributed by atoms with Gasteiger partial charge in [0.25, 0.3) is 0 Å². The molecule has 0 amide bonds. The number of fused-ring (bicyclic) bond motifs is 2. The van der Waals surface area contributed by atoms with Crippen LogP contribution in [-0.4, -0.2) is 0 Å². The van der Waals surface area contributed by atoms with Crippen LogP contribution >= 0.6 is 8.19 Å². The van der Waals surface area contributed by atoms with Crippen LogP contribution in [0.15, 0.2) is 72.8 Å². The first-order valence-electron chi connectivity index (χ1n) is 7.46. The molecule has 0 saturated heterocycles. The first-order chi connectivity index (χ1) is 11.3. The maximum Gasteiger partial charge on any atom is 0.0413 e. The Morgan fingerprint density at radius 2 is 1.22 bits per heavy atom. The molecule has 0 aliphatic rings. The second kappa shape index (κ2) is 5.76. The summed E-state index contributed by atoms with van der Waals surface area (Å²) in [6.07, 6.45) is 0. The summed E-state index contributed by atoms with van der Waals surface area (Å²) in [6.45, 7) is 0. The van der Waals surface area contributed by atoms with E-state index in [9.17, 15) is 0 Å². The highest BCUT2D eigenvalue weighted by Crippen LogP contribution is 2.35. The summed E-state index contributed by atoms with van der Waals surface area (Å²) in [5, 5.41) is 5.09. The summed E-state index contributed by atoms with van der Waals surface area (Å²) in [6, 6.07) is 24.7. The molecule has 23 heavy (non-hydrogen) atoms. The van der Waals surface area contributed by atoms with Gasteiger partial charge >= 0.3 is 0 Å². The molecule has 4 aromatic rings. The van der Waals surface area contributed by atoms with Crippen molar-refractivity contribution in [1.29, 1.82) is 0 Å². The zero-order valence-corrected chi connectivity index (χ0v) is 13.3. The first kappa shape index (κ1) is 13.8. The Balaban J connectivity index is 1.98. The second-order valence-corrected chi connectivity index (χ2v) is 6.58. The molecule has 0 unspecified atom stereocenters. The van der Waals surface area contributed by atoms with Gasteiger partial charge in [-0.2, -0.15) is 0 Å². The molecular weight excluding hydrogens is 297 g/mol. The molecule has 4 rings (SSSR count). The van der Waals surface area contributed by atoms with Crippen LogP contribution in [0, 0.1) is 11.8 Å². The van der Waals surface area contributed by atoms with Gasteiger partial charge in [-0.15, -0.1) is 0 Å². The predicted octanol–water partition coefficient (Wildman–Crippen LogP) is 5.56. The normalized spacial score (nSPS) is 10.4. The van der Waals surface area contributed by atoms with E-state index < -0.39 is 0 Å². The Labute approximate surface area is 136 Å². The highest BCUT2D eigenvalue weighted by molar-refractivity contribution is 7.43. The van der Waals surface area contributed by atoms with Gasteiger partial charge in [0, 0.05) is 37.8 Å². The number of hydrogen-bond acceptors (Lipinski definition) is 1. The molecule has 1 nitrogen and oxygen atoms in total. The fourth-order valence-corrected chi connectivity index (χ4v) is 3.87. The van der Waals surface area contributed by atoms with Crippen molar-refractivity contribution >= 4 is 34.9 Å². The molecule has 0 aliphatic carbocycles. The monoisotopic (exact) mass is 311 g/mol. The molecule has 0 fully saturated rings. The van der Waals surface area contributed by atoms with Crippen LogP contribution in [0.3, 0.4) is 0 Å². The number of nitrogens with two attached hydrogens (primary N) is 1. The zero-order chi connectivity index (χ0) is 15.6. The van der Waals surface area contributed by atoms with Gasteiger partial charge in [0.2, 0.25) is 0 Å². The lowest BCUT2D eigenvalue weighted by atomic mass is 10.1. The molecule has 0 radical (unpaired) electrons. The maximum absolute atomic E-state index is 5.74. The fraction of sp³-hybridized carbons (Fsp3) is 0. The van der Waals surface area contributed by atoms with Crippen LogP contribution in [0.25, 0.3) is 21.0 Å². The van der Waals surface area contributed by atoms with Crippen LogP contribution in [0.1, 0.15) is 11.1 Å². The van der Waals surface area contributed by atoms with Crippen molar-refractivity contribution in [2.75, 3.05) is 5.73 Å². The maximum atomic E-state index is 5.74. The lowest BCUT2D eigenvalue weighted by Gasteiger charge is -2.05. The average molecular weight is 311 g/mol. The summed E-state index contributed by atoms with van der Waals surface area (Å²) in [4.78, 5) is 0. The van der Waals surface area contributed by atoms with Gasteiger partial charge in [-0.05, 0) is 36.4 Å². The lowest BCUT2D eigenvalue weighted by molar-refractivity contribution is 1.63. The standard InChI is InChI=1S/C21H14NP/c22-16-12-9-15(10-13-16)11-14-17-18-5-1-3-7-20(18)23-21-8-4-2-6-19(17)21/h1-10,12-13H,22H2. The van der Waals surface area contributed by atoms with Gasteiger partial charge in [0.1, 0.15) is 0 Å². The minimum Gasteiger partial charge on any atom is -0.399 e. The Kier molecular flexibility index (Phi) is 3.46. The third kappa shape index (κ3) is 2.66.